The Hall–Kier alpha value is -1.93. The van der Waals surface area contributed by atoms with Crippen LogP contribution in [0.1, 0.15) is 12.7 Å². The van der Waals surface area contributed by atoms with E-state index in [1.54, 1.807) is 25.1 Å². The molecule has 1 heterocycles. The minimum absolute atomic E-state index is 0.0940. The minimum atomic E-state index is -0.0940. The van der Waals surface area contributed by atoms with Crippen molar-refractivity contribution < 1.29 is 9.53 Å². The molecule has 1 rings (SSSR count). The van der Waals surface area contributed by atoms with Crippen molar-refractivity contribution in [3.8, 4) is 0 Å². The molecule has 112 valence electrons. The summed E-state index contributed by atoms with van der Waals surface area (Å²) < 4.78 is 4.87. The molecule has 20 heavy (non-hydrogen) atoms. The third-order valence-electron chi connectivity index (χ3n) is 2.62. The average Bonchev–Trinajstić information content (AvgIpc) is 2.46. The van der Waals surface area contributed by atoms with Crippen molar-refractivity contribution in [1.29, 1.82) is 0 Å². The summed E-state index contributed by atoms with van der Waals surface area (Å²) in [7, 11) is 3.38. The Morgan fingerprint density at radius 3 is 2.85 bits per heavy atom. The molecule has 8 heteroatoms. The van der Waals surface area contributed by atoms with E-state index < -0.39 is 0 Å². The van der Waals surface area contributed by atoms with Gasteiger partial charge in [-0.25, -0.2) is 15.8 Å². The largest absolute Gasteiger partial charge is 0.383 e. The highest BCUT2D eigenvalue weighted by Gasteiger charge is 2.11. The van der Waals surface area contributed by atoms with E-state index in [2.05, 4.69) is 20.7 Å². The number of hydrazine groups is 1. The number of aryl methyl sites for hydroxylation is 1. The van der Waals surface area contributed by atoms with Gasteiger partial charge < -0.3 is 20.4 Å². The van der Waals surface area contributed by atoms with E-state index in [1.165, 1.54) is 0 Å². The molecule has 0 aliphatic heterocycles. The summed E-state index contributed by atoms with van der Waals surface area (Å²) in [5.41, 5.74) is 2.50. The molecule has 1 aromatic heterocycles. The second-order valence-electron chi connectivity index (χ2n) is 4.22. The molecule has 0 fully saturated rings. The van der Waals surface area contributed by atoms with Crippen molar-refractivity contribution >= 4 is 17.5 Å². The van der Waals surface area contributed by atoms with Crippen LogP contribution in [0.4, 0.5) is 11.6 Å². The van der Waals surface area contributed by atoms with Crippen molar-refractivity contribution in [2.75, 3.05) is 44.2 Å². The topological polar surface area (TPSA) is 105 Å². The van der Waals surface area contributed by atoms with E-state index in [4.69, 9.17) is 10.6 Å². The lowest BCUT2D eigenvalue weighted by molar-refractivity contribution is -0.119. The second-order valence-corrected chi connectivity index (χ2v) is 4.22. The van der Waals surface area contributed by atoms with Gasteiger partial charge in [0.2, 0.25) is 5.91 Å². The van der Waals surface area contributed by atoms with Gasteiger partial charge in [-0.05, 0) is 0 Å². The van der Waals surface area contributed by atoms with Crippen LogP contribution in [0.5, 0.6) is 0 Å². The molecule has 0 unspecified atom stereocenters. The van der Waals surface area contributed by atoms with Gasteiger partial charge in [-0.2, -0.15) is 0 Å². The zero-order chi connectivity index (χ0) is 15.0. The SMILES string of the molecule is CCc1nc(NN)cc(N(C)CC(=O)NCCOC)n1. The molecule has 8 nitrogen and oxygen atoms in total. The Morgan fingerprint density at radius 2 is 2.25 bits per heavy atom. The summed E-state index contributed by atoms with van der Waals surface area (Å²) >= 11 is 0. The van der Waals surface area contributed by atoms with E-state index in [9.17, 15) is 4.79 Å². The quantitative estimate of drug-likeness (QED) is 0.336. The predicted molar refractivity (Wildman–Crippen MR) is 77.4 cm³/mol. The van der Waals surface area contributed by atoms with Gasteiger partial charge >= 0.3 is 0 Å². The molecule has 0 atom stereocenters. The number of nitrogens with zero attached hydrogens (tertiary/aromatic N) is 3. The normalized spacial score (nSPS) is 10.2. The maximum Gasteiger partial charge on any atom is 0.239 e. The Balaban J connectivity index is 2.66. The summed E-state index contributed by atoms with van der Waals surface area (Å²) in [6.45, 7) is 3.14. The molecule has 0 aliphatic carbocycles. The fraction of sp³-hybridized carbons (Fsp3) is 0.583. The van der Waals surface area contributed by atoms with E-state index >= 15 is 0 Å². The maximum atomic E-state index is 11.7. The summed E-state index contributed by atoms with van der Waals surface area (Å²) in [6, 6.07) is 1.70. The molecule has 4 N–H and O–H groups in total. The second kappa shape index (κ2) is 8.28. The first-order valence-corrected chi connectivity index (χ1v) is 6.42. The molecule has 0 bridgehead atoms. The number of methoxy groups -OCH3 is 1. The highest BCUT2D eigenvalue weighted by atomic mass is 16.5. The van der Waals surface area contributed by atoms with Gasteiger partial charge in [-0.3, -0.25) is 4.79 Å². The van der Waals surface area contributed by atoms with Gasteiger partial charge in [-0.1, -0.05) is 6.92 Å². The Morgan fingerprint density at radius 1 is 1.50 bits per heavy atom. The van der Waals surface area contributed by atoms with Gasteiger partial charge in [-0.15, -0.1) is 0 Å². The Labute approximate surface area is 118 Å². The van der Waals surface area contributed by atoms with Crippen molar-refractivity contribution in [3.63, 3.8) is 0 Å². The van der Waals surface area contributed by atoms with Crippen LogP contribution in [-0.4, -0.2) is 49.7 Å². The molecular weight excluding hydrogens is 260 g/mol. The number of nitrogens with two attached hydrogens (primary N) is 1. The van der Waals surface area contributed by atoms with Crippen LogP contribution in [0.15, 0.2) is 6.07 Å². The number of amides is 1. The first kappa shape index (κ1) is 16.1. The van der Waals surface area contributed by atoms with Gasteiger partial charge in [0.05, 0.1) is 13.2 Å². The van der Waals surface area contributed by atoms with Crippen molar-refractivity contribution in [3.05, 3.63) is 11.9 Å². The molecule has 1 aromatic rings. The van der Waals surface area contributed by atoms with Crippen LogP contribution < -0.4 is 21.5 Å². The Kier molecular flexibility index (Phi) is 6.68. The van der Waals surface area contributed by atoms with Gasteiger partial charge in [0.15, 0.2) is 0 Å². The number of carbonyl (C=O) groups is 1. The molecule has 0 aliphatic rings. The van der Waals surface area contributed by atoms with Crippen LogP contribution in [0.2, 0.25) is 0 Å². The van der Waals surface area contributed by atoms with Crippen LogP contribution in [0.25, 0.3) is 0 Å². The number of hydrogen-bond acceptors (Lipinski definition) is 7. The number of rotatable bonds is 8. The van der Waals surface area contributed by atoms with Crippen molar-refractivity contribution in [2.45, 2.75) is 13.3 Å². The highest BCUT2D eigenvalue weighted by Crippen LogP contribution is 2.14. The number of nitrogen functional groups attached to an aromatic ring is 1. The molecule has 1 amide bonds. The molecule has 0 saturated heterocycles. The highest BCUT2D eigenvalue weighted by molar-refractivity contribution is 5.80. The maximum absolute atomic E-state index is 11.7. The number of nitrogens with one attached hydrogen (secondary N) is 2. The number of ether oxygens (including phenoxy) is 1. The number of hydrogen-bond donors (Lipinski definition) is 3. The van der Waals surface area contributed by atoms with E-state index in [1.807, 2.05) is 6.92 Å². The monoisotopic (exact) mass is 282 g/mol. The Bertz CT molecular complexity index is 418. The van der Waals surface area contributed by atoms with Crippen LogP contribution in [-0.2, 0) is 16.0 Å². The first-order chi connectivity index (χ1) is 9.60. The number of likely N-dealkylation sites (N-methyl/N-ethyl adjacent to an activating group) is 1. The number of aromatic nitrogens is 2. The zero-order valence-electron chi connectivity index (χ0n) is 12.1. The minimum Gasteiger partial charge on any atom is -0.383 e. The number of anilines is 2. The smallest absolute Gasteiger partial charge is 0.239 e. The van der Waals surface area contributed by atoms with E-state index in [0.717, 1.165) is 0 Å². The van der Waals surface area contributed by atoms with Gasteiger partial charge in [0.1, 0.15) is 17.5 Å². The lowest BCUT2D eigenvalue weighted by Gasteiger charge is -2.18. The molecule has 0 radical (unpaired) electrons. The van der Waals surface area contributed by atoms with Crippen molar-refractivity contribution in [2.24, 2.45) is 5.84 Å². The summed E-state index contributed by atoms with van der Waals surface area (Å²) in [5.74, 6) is 7.12. The van der Waals surface area contributed by atoms with Crippen LogP contribution in [0, 0.1) is 0 Å². The van der Waals surface area contributed by atoms with Gasteiger partial charge in [0, 0.05) is 33.2 Å². The molecule has 0 spiro atoms. The third kappa shape index (κ3) is 4.98. The predicted octanol–water partition coefficient (Wildman–Crippen LogP) is -0.477. The van der Waals surface area contributed by atoms with Gasteiger partial charge in [0.25, 0.3) is 0 Å². The fourth-order valence-corrected chi connectivity index (χ4v) is 1.56. The third-order valence-corrected chi connectivity index (χ3v) is 2.62. The standard InChI is InChI=1S/C12H22N6O2/c1-4-9-15-10(17-13)7-11(16-9)18(2)8-12(19)14-5-6-20-3/h7H,4-6,8,13H2,1-3H3,(H,14,19)(H,15,16,17). The summed E-state index contributed by atoms with van der Waals surface area (Å²) in [6.07, 6.45) is 0.691. The first-order valence-electron chi connectivity index (χ1n) is 6.42. The van der Waals surface area contributed by atoms with E-state index in [-0.39, 0.29) is 12.5 Å². The molecule has 0 saturated carbocycles. The van der Waals surface area contributed by atoms with Crippen LogP contribution >= 0.6 is 0 Å². The average molecular weight is 282 g/mol. The molecule has 0 aromatic carbocycles. The van der Waals surface area contributed by atoms with E-state index in [0.29, 0.717) is 37.0 Å². The fourth-order valence-electron chi connectivity index (χ4n) is 1.56. The number of carbonyl (C=O) groups excluding carboxylic acids is 1. The summed E-state index contributed by atoms with van der Waals surface area (Å²) in [5, 5.41) is 2.75. The summed E-state index contributed by atoms with van der Waals surface area (Å²) in [4.78, 5) is 22.0. The zero-order valence-corrected chi connectivity index (χ0v) is 12.1. The van der Waals surface area contributed by atoms with Crippen LogP contribution in [0.3, 0.4) is 0 Å². The lowest BCUT2D eigenvalue weighted by atomic mass is 10.4. The lowest BCUT2D eigenvalue weighted by Crippen LogP contribution is -2.37. The molecular formula is C12H22N6O2. The van der Waals surface area contributed by atoms with Crippen molar-refractivity contribution in [1.82, 2.24) is 15.3 Å².